The highest BCUT2D eigenvalue weighted by atomic mass is 32.2. The first-order chi connectivity index (χ1) is 34.5. The maximum absolute atomic E-state index is 14.1. The highest BCUT2D eigenvalue weighted by Crippen LogP contribution is 2.41. The summed E-state index contributed by atoms with van der Waals surface area (Å²) < 4.78 is 73.8. The van der Waals surface area contributed by atoms with E-state index in [1.807, 2.05) is 17.0 Å². The number of nitrogens with zero attached hydrogens (tertiary/aromatic N) is 8. The Morgan fingerprint density at radius 2 is 1.77 bits per heavy atom. The van der Waals surface area contributed by atoms with Crippen LogP contribution in [-0.4, -0.2) is 112 Å². The number of fused-ring (bicyclic) bond motifs is 3. The second kappa shape index (κ2) is 19.6. The van der Waals surface area contributed by atoms with Gasteiger partial charge in [-0.15, -0.1) is 13.2 Å². The second-order valence-corrected chi connectivity index (χ2v) is 22.9. The molecule has 3 aliphatic heterocycles. The van der Waals surface area contributed by atoms with E-state index in [-0.39, 0.29) is 29.2 Å². The molecule has 5 aromatic rings. The Labute approximate surface area is 422 Å². The lowest BCUT2D eigenvalue weighted by atomic mass is 9.90. The van der Waals surface area contributed by atoms with E-state index in [2.05, 4.69) is 62.1 Å². The summed E-state index contributed by atoms with van der Waals surface area (Å²) in [6.45, 7) is 16.6. The standard InChI is InChI=1S/C52H61F3N10O7S/c1-8-46(67)58-39-24-34(9-11-41(39)63-20-19-62(28-32(63)4)35-14-17-61(18-15-35)36-10-12-45(73(70,71)31(2)3)44(25-36)72-52(53,54)55)57-47-50(69)60(7)29-40(59-47)37-13-16-56-48(38(37)30-66)65-22-21-64-42(49(65)68)23-33-26-51(5,6)27-43(33)64/h8-13,16,23-25,29,31-32,35,66H,1,14-15,17-22,26-28,30H2,2-7H3,(H,57,59)(H,58,67)/t32-/m0/s1. The number of carbonyl (C=O) groups is 2. The van der Waals surface area contributed by atoms with Crippen molar-refractivity contribution in [1.82, 2.24) is 24.0 Å². The van der Waals surface area contributed by atoms with Gasteiger partial charge in [-0.3, -0.25) is 24.2 Å². The molecule has 9 rings (SSSR count). The molecule has 2 fully saturated rings. The number of piperazine rings is 1. The number of aryl methyl sites for hydroxylation is 1. The van der Waals surface area contributed by atoms with Gasteiger partial charge in [0.05, 0.1) is 28.9 Å². The largest absolute Gasteiger partial charge is 0.573 e. The molecule has 0 radical (unpaired) electrons. The van der Waals surface area contributed by atoms with E-state index < -0.39 is 50.2 Å². The normalized spacial score (nSPS) is 18.5. The number of anilines is 6. The fraction of sp³-hybridized carbons (Fsp3) is 0.442. The summed E-state index contributed by atoms with van der Waals surface area (Å²) in [5.74, 6) is -1.06. The van der Waals surface area contributed by atoms with Crippen molar-refractivity contribution in [3.05, 3.63) is 106 Å². The molecule has 2 saturated heterocycles. The van der Waals surface area contributed by atoms with Crippen LogP contribution in [0.4, 0.5) is 47.6 Å². The van der Waals surface area contributed by atoms with E-state index in [1.54, 1.807) is 42.5 Å². The van der Waals surface area contributed by atoms with E-state index in [0.717, 1.165) is 37.4 Å². The number of benzene rings is 2. The number of ether oxygens (including phenoxy) is 1. The molecule has 17 nitrogen and oxygen atoms in total. The van der Waals surface area contributed by atoms with Crippen molar-refractivity contribution in [2.45, 2.75) is 102 Å². The van der Waals surface area contributed by atoms with Gasteiger partial charge in [-0.2, -0.15) is 0 Å². The number of carbonyl (C=O) groups excluding carboxylic acids is 2. The molecule has 3 aromatic heterocycles. The Kier molecular flexibility index (Phi) is 13.8. The molecule has 1 aliphatic carbocycles. The van der Waals surface area contributed by atoms with Gasteiger partial charge in [-0.05, 0) is 106 Å². The molecule has 0 saturated carbocycles. The Hall–Kier alpha value is -6.71. The second-order valence-electron chi connectivity index (χ2n) is 20.4. The zero-order valence-corrected chi connectivity index (χ0v) is 42.6. The van der Waals surface area contributed by atoms with Gasteiger partial charge in [0.2, 0.25) is 5.91 Å². The number of alkyl halides is 3. The van der Waals surface area contributed by atoms with Crippen LogP contribution in [0.1, 0.15) is 74.8 Å². The molecule has 73 heavy (non-hydrogen) atoms. The van der Waals surface area contributed by atoms with Crippen molar-refractivity contribution in [3.63, 3.8) is 0 Å². The molecule has 3 N–H and O–H groups in total. The van der Waals surface area contributed by atoms with Crippen LogP contribution >= 0.6 is 0 Å². The predicted molar refractivity (Wildman–Crippen MR) is 274 cm³/mol. The number of pyridine rings is 1. The monoisotopic (exact) mass is 1030 g/mol. The van der Waals surface area contributed by atoms with Crippen molar-refractivity contribution < 1.29 is 41.0 Å². The lowest BCUT2D eigenvalue weighted by Crippen LogP contribution is -2.57. The first-order valence-electron chi connectivity index (χ1n) is 24.5. The molecule has 1 atom stereocenters. The minimum absolute atomic E-state index is 0.0143. The van der Waals surface area contributed by atoms with E-state index in [0.29, 0.717) is 91.2 Å². The minimum atomic E-state index is -5.07. The number of hydrogen-bond donors (Lipinski definition) is 3. The van der Waals surface area contributed by atoms with E-state index in [4.69, 9.17) is 4.98 Å². The smallest absolute Gasteiger partial charge is 0.404 e. The summed E-state index contributed by atoms with van der Waals surface area (Å²) in [6, 6.07) is 13.1. The van der Waals surface area contributed by atoms with Crippen molar-refractivity contribution in [2.75, 3.05) is 64.6 Å². The van der Waals surface area contributed by atoms with Crippen LogP contribution in [0.3, 0.4) is 0 Å². The Bertz CT molecular complexity index is 3160. The number of sulfone groups is 1. The Morgan fingerprint density at radius 1 is 1.01 bits per heavy atom. The molecule has 0 unspecified atom stereocenters. The SMILES string of the molecule is C=CC(=O)Nc1cc(Nc2nc(-c3ccnc(N4CCn5c(cc6c5CC(C)(C)C6)C4=O)c3CO)cn(C)c2=O)ccc1N1CCN(C2CCN(c3ccc(S(=O)(=O)C(C)C)c(OC(F)(F)F)c3)CC2)C[C@@H]1C. The molecule has 0 bridgehead atoms. The Balaban J connectivity index is 0.900. The van der Waals surface area contributed by atoms with Gasteiger partial charge in [0.15, 0.2) is 15.7 Å². The zero-order chi connectivity index (χ0) is 52.3. The van der Waals surface area contributed by atoms with Gasteiger partial charge >= 0.3 is 6.36 Å². The summed E-state index contributed by atoms with van der Waals surface area (Å²) >= 11 is 0. The van der Waals surface area contributed by atoms with Crippen molar-refractivity contribution in [2.24, 2.45) is 12.5 Å². The predicted octanol–water partition coefficient (Wildman–Crippen LogP) is 7.05. The summed E-state index contributed by atoms with van der Waals surface area (Å²) in [5, 5.41) is 16.0. The number of nitrogens with one attached hydrogen (secondary N) is 2. The molecule has 0 spiro atoms. The minimum Gasteiger partial charge on any atom is -0.404 e. The molecule has 388 valence electrons. The van der Waals surface area contributed by atoms with Crippen LogP contribution in [0, 0.1) is 5.41 Å². The molecule has 2 aromatic carbocycles. The number of aromatic nitrogens is 4. The van der Waals surface area contributed by atoms with Crippen molar-refractivity contribution in [3.8, 4) is 17.0 Å². The Morgan fingerprint density at radius 3 is 2.45 bits per heavy atom. The maximum atomic E-state index is 14.1. The van der Waals surface area contributed by atoms with E-state index >= 15 is 0 Å². The number of rotatable bonds is 13. The average molecular weight is 1030 g/mol. The van der Waals surface area contributed by atoms with Gasteiger partial charge in [0, 0.05) is 112 Å². The molecule has 21 heteroatoms. The van der Waals surface area contributed by atoms with Crippen LogP contribution in [0.25, 0.3) is 11.3 Å². The summed E-state index contributed by atoms with van der Waals surface area (Å²) in [7, 11) is -2.45. The van der Waals surface area contributed by atoms with Gasteiger partial charge < -0.3 is 39.4 Å². The molecule has 4 aliphatic rings. The van der Waals surface area contributed by atoms with Crippen LogP contribution in [0.15, 0.2) is 83.3 Å². The number of hydrogen-bond acceptors (Lipinski definition) is 13. The lowest BCUT2D eigenvalue weighted by molar-refractivity contribution is -0.275. The topological polar surface area (TPSA) is 187 Å². The summed E-state index contributed by atoms with van der Waals surface area (Å²) in [4.78, 5) is 57.6. The summed E-state index contributed by atoms with van der Waals surface area (Å²) in [6.07, 6.45) is 2.48. The molecular weight excluding hydrogens is 966 g/mol. The van der Waals surface area contributed by atoms with E-state index in [1.165, 1.54) is 47.9 Å². The van der Waals surface area contributed by atoms with Crippen LogP contribution < -0.4 is 35.6 Å². The molecule has 6 heterocycles. The molecular formula is C52H61F3N10O7S. The van der Waals surface area contributed by atoms with Gasteiger partial charge in [0.25, 0.3) is 11.5 Å². The molecule has 2 amide bonds. The highest BCUT2D eigenvalue weighted by Gasteiger charge is 2.39. The van der Waals surface area contributed by atoms with Crippen LogP contribution in [0.2, 0.25) is 0 Å². The number of amides is 2. The highest BCUT2D eigenvalue weighted by molar-refractivity contribution is 7.92. The fourth-order valence-corrected chi connectivity index (χ4v) is 12.0. The van der Waals surface area contributed by atoms with Crippen LogP contribution in [0.5, 0.6) is 5.75 Å². The van der Waals surface area contributed by atoms with Crippen molar-refractivity contribution in [1.29, 1.82) is 0 Å². The van der Waals surface area contributed by atoms with Gasteiger partial charge in [0.1, 0.15) is 22.2 Å². The van der Waals surface area contributed by atoms with Gasteiger partial charge in [-0.1, -0.05) is 20.4 Å². The van der Waals surface area contributed by atoms with Crippen LogP contribution in [-0.2, 0) is 47.7 Å². The average Bonchev–Trinajstić information content (AvgIpc) is 3.84. The fourth-order valence-electron chi connectivity index (χ4n) is 10.9. The summed E-state index contributed by atoms with van der Waals surface area (Å²) in [5.41, 5.74) is 6.09. The number of aliphatic hydroxyl groups is 1. The number of piperidine rings is 1. The first kappa shape index (κ1) is 51.2. The lowest BCUT2D eigenvalue weighted by Gasteiger charge is -2.47. The van der Waals surface area contributed by atoms with Crippen molar-refractivity contribution >= 4 is 56.0 Å². The maximum Gasteiger partial charge on any atom is 0.573 e. The number of aliphatic hydroxyl groups excluding tert-OH is 1. The third-order valence-electron chi connectivity index (χ3n) is 14.5. The third kappa shape index (κ3) is 10.2. The van der Waals surface area contributed by atoms with E-state index in [9.17, 15) is 41.1 Å². The van der Waals surface area contributed by atoms with Gasteiger partial charge in [-0.25, -0.2) is 18.4 Å². The number of halogens is 3. The third-order valence-corrected chi connectivity index (χ3v) is 16.7. The first-order valence-corrected chi connectivity index (χ1v) is 26.0. The zero-order valence-electron chi connectivity index (χ0n) is 41.8. The quantitative estimate of drug-likeness (QED) is 0.102.